The Bertz CT molecular complexity index is 644. The van der Waals surface area contributed by atoms with Crippen molar-refractivity contribution in [2.24, 2.45) is 5.92 Å². The lowest BCUT2D eigenvalue weighted by Gasteiger charge is -2.23. The summed E-state index contributed by atoms with van der Waals surface area (Å²) in [7, 11) is 0. The van der Waals surface area contributed by atoms with Crippen molar-refractivity contribution in [2.75, 3.05) is 29.5 Å². The summed E-state index contributed by atoms with van der Waals surface area (Å²) in [5.74, 6) is 4.52. The molecule has 1 aliphatic carbocycles. The van der Waals surface area contributed by atoms with Crippen LogP contribution in [0.15, 0.2) is 6.33 Å². The van der Waals surface area contributed by atoms with Crippen LogP contribution in [0, 0.1) is 5.92 Å². The molecule has 0 bridgehead atoms. The van der Waals surface area contributed by atoms with Gasteiger partial charge in [-0.05, 0) is 42.9 Å². The molecular formula is C16H21N3S2. The van der Waals surface area contributed by atoms with E-state index in [1.54, 1.807) is 16.8 Å². The highest BCUT2D eigenvalue weighted by molar-refractivity contribution is 7.99. The van der Waals surface area contributed by atoms with Gasteiger partial charge in [-0.15, -0.1) is 11.3 Å². The van der Waals surface area contributed by atoms with Crippen molar-refractivity contribution in [1.29, 1.82) is 0 Å². The summed E-state index contributed by atoms with van der Waals surface area (Å²) in [5, 5.41) is 1.37. The van der Waals surface area contributed by atoms with Crippen LogP contribution in [-0.4, -0.2) is 34.6 Å². The molecule has 3 nitrogen and oxygen atoms in total. The fraction of sp³-hybridized carbons (Fsp3) is 0.625. The van der Waals surface area contributed by atoms with E-state index in [9.17, 15) is 0 Å². The van der Waals surface area contributed by atoms with Gasteiger partial charge in [0.15, 0.2) is 0 Å². The third-order valence-corrected chi connectivity index (χ3v) is 6.80. The second-order valence-electron chi connectivity index (χ2n) is 6.18. The molecule has 0 spiro atoms. The zero-order valence-corrected chi connectivity index (χ0v) is 14.1. The standard InChI is InChI=1S/C16H21N3S2/c1-11-3-4-12-13(9-11)21-16-14(12)15(17-10-18-16)19-5-2-7-20-8-6-19/h10-11H,2-9H2,1H3. The second-order valence-corrected chi connectivity index (χ2v) is 8.49. The number of thioether (sulfide) groups is 1. The molecule has 1 unspecified atom stereocenters. The van der Waals surface area contributed by atoms with E-state index in [4.69, 9.17) is 0 Å². The largest absolute Gasteiger partial charge is 0.355 e. The number of nitrogens with zero attached hydrogens (tertiary/aromatic N) is 3. The van der Waals surface area contributed by atoms with Crippen molar-refractivity contribution in [2.45, 2.75) is 32.6 Å². The molecule has 1 saturated heterocycles. The molecule has 2 aliphatic rings. The first-order valence-corrected chi connectivity index (χ1v) is 9.88. The van der Waals surface area contributed by atoms with Gasteiger partial charge in [0.1, 0.15) is 17.0 Å². The molecule has 0 radical (unpaired) electrons. The van der Waals surface area contributed by atoms with Gasteiger partial charge in [0.25, 0.3) is 0 Å². The molecule has 0 N–H and O–H groups in total. The Kier molecular flexibility index (Phi) is 3.79. The van der Waals surface area contributed by atoms with E-state index in [0.717, 1.165) is 19.0 Å². The van der Waals surface area contributed by atoms with E-state index in [1.165, 1.54) is 53.2 Å². The summed E-state index contributed by atoms with van der Waals surface area (Å²) in [5.41, 5.74) is 1.56. The van der Waals surface area contributed by atoms with Gasteiger partial charge in [-0.3, -0.25) is 0 Å². The number of thiophene rings is 1. The van der Waals surface area contributed by atoms with Crippen molar-refractivity contribution >= 4 is 39.1 Å². The predicted molar refractivity (Wildman–Crippen MR) is 92.8 cm³/mol. The lowest BCUT2D eigenvalue weighted by Crippen LogP contribution is -2.26. The SMILES string of the molecule is CC1CCc2c(sc3ncnc(N4CCCSCC4)c23)C1. The molecule has 3 heterocycles. The number of fused-ring (bicyclic) bond motifs is 3. The smallest absolute Gasteiger partial charge is 0.141 e. The number of aryl methyl sites for hydroxylation is 1. The Morgan fingerprint density at radius 2 is 2.19 bits per heavy atom. The Labute approximate surface area is 134 Å². The maximum atomic E-state index is 4.68. The summed E-state index contributed by atoms with van der Waals surface area (Å²) in [6.45, 7) is 4.63. The van der Waals surface area contributed by atoms with Crippen molar-refractivity contribution in [3.05, 3.63) is 16.8 Å². The minimum Gasteiger partial charge on any atom is -0.355 e. The van der Waals surface area contributed by atoms with Crippen LogP contribution in [-0.2, 0) is 12.8 Å². The molecule has 0 aromatic carbocycles. The molecule has 0 saturated carbocycles. The number of rotatable bonds is 1. The van der Waals surface area contributed by atoms with Crippen molar-refractivity contribution in [1.82, 2.24) is 9.97 Å². The lowest BCUT2D eigenvalue weighted by molar-refractivity contribution is 0.509. The first-order chi connectivity index (χ1) is 10.3. The molecule has 2 aromatic heterocycles. The maximum absolute atomic E-state index is 4.68. The minimum atomic E-state index is 0.816. The predicted octanol–water partition coefficient (Wildman–Crippen LogP) is 3.76. The van der Waals surface area contributed by atoms with Gasteiger partial charge in [0.05, 0.1) is 5.39 Å². The molecule has 21 heavy (non-hydrogen) atoms. The van der Waals surface area contributed by atoms with Crippen LogP contribution < -0.4 is 4.90 Å². The van der Waals surface area contributed by atoms with E-state index < -0.39 is 0 Å². The van der Waals surface area contributed by atoms with E-state index in [0.29, 0.717) is 0 Å². The van der Waals surface area contributed by atoms with Gasteiger partial charge >= 0.3 is 0 Å². The molecule has 1 atom stereocenters. The molecule has 112 valence electrons. The Balaban J connectivity index is 1.81. The fourth-order valence-corrected chi connectivity index (χ4v) is 5.69. The average molecular weight is 319 g/mol. The fourth-order valence-electron chi connectivity index (χ4n) is 3.46. The zero-order valence-electron chi connectivity index (χ0n) is 12.5. The van der Waals surface area contributed by atoms with Crippen LogP contribution in [0.4, 0.5) is 5.82 Å². The van der Waals surface area contributed by atoms with Gasteiger partial charge in [-0.1, -0.05) is 6.92 Å². The number of hydrogen-bond acceptors (Lipinski definition) is 5. The van der Waals surface area contributed by atoms with Gasteiger partial charge in [-0.25, -0.2) is 9.97 Å². The summed E-state index contributed by atoms with van der Waals surface area (Å²) in [6.07, 6.45) is 6.77. The van der Waals surface area contributed by atoms with Crippen molar-refractivity contribution < 1.29 is 0 Å². The van der Waals surface area contributed by atoms with E-state index in [2.05, 4.69) is 33.6 Å². The topological polar surface area (TPSA) is 29.0 Å². The Hall–Kier alpha value is -0.810. The zero-order chi connectivity index (χ0) is 14.2. The van der Waals surface area contributed by atoms with Crippen LogP contribution in [0.25, 0.3) is 10.2 Å². The maximum Gasteiger partial charge on any atom is 0.141 e. The summed E-state index contributed by atoms with van der Waals surface area (Å²) < 4.78 is 0. The third kappa shape index (κ3) is 2.55. The molecule has 1 fully saturated rings. The van der Waals surface area contributed by atoms with Crippen LogP contribution in [0.1, 0.15) is 30.2 Å². The number of aromatic nitrogens is 2. The average Bonchev–Trinajstić information content (AvgIpc) is 2.68. The molecule has 2 aromatic rings. The highest BCUT2D eigenvalue weighted by atomic mass is 32.2. The molecule has 0 amide bonds. The van der Waals surface area contributed by atoms with Crippen LogP contribution >= 0.6 is 23.1 Å². The third-order valence-electron chi connectivity index (χ3n) is 4.59. The lowest BCUT2D eigenvalue weighted by atomic mass is 9.89. The molecule has 5 heteroatoms. The van der Waals surface area contributed by atoms with Crippen LogP contribution in [0.2, 0.25) is 0 Å². The van der Waals surface area contributed by atoms with E-state index in [-0.39, 0.29) is 0 Å². The summed E-state index contributed by atoms with van der Waals surface area (Å²) in [6, 6.07) is 0. The highest BCUT2D eigenvalue weighted by Crippen LogP contribution is 2.40. The van der Waals surface area contributed by atoms with Crippen LogP contribution in [0.3, 0.4) is 0 Å². The monoisotopic (exact) mass is 319 g/mol. The highest BCUT2D eigenvalue weighted by Gasteiger charge is 2.25. The second kappa shape index (κ2) is 5.76. The number of anilines is 1. The summed E-state index contributed by atoms with van der Waals surface area (Å²) in [4.78, 5) is 14.5. The van der Waals surface area contributed by atoms with Crippen molar-refractivity contribution in [3.8, 4) is 0 Å². The van der Waals surface area contributed by atoms with E-state index >= 15 is 0 Å². The molecule has 1 aliphatic heterocycles. The summed E-state index contributed by atoms with van der Waals surface area (Å²) >= 11 is 3.97. The number of hydrogen-bond donors (Lipinski definition) is 0. The van der Waals surface area contributed by atoms with Gasteiger partial charge in [0.2, 0.25) is 0 Å². The van der Waals surface area contributed by atoms with Crippen LogP contribution in [0.5, 0.6) is 0 Å². The minimum absolute atomic E-state index is 0.816. The normalized spacial score (nSPS) is 23.1. The Morgan fingerprint density at radius 1 is 1.24 bits per heavy atom. The molecule has 4 rings (SSSR count). The van der Waals surface area contributed by atoms with Crippen molar-refractivity contribution in [3.63, 3.8) is 0 Å². The van der Waals surface area contributed by atoms with Gasteiger partial charge in [0, 0.05) is 23.7 Å². The quantitative estimate of drug-likeness (QED) is 0.800. The molecular weight excluding hydrogens is 298 g/mol. The Morgan fingerprint density at radius 3 is 3.14 bits per heavy atom. The first kappa shape index (κ1) is 13.8. The van der Waals surface area contributed by atoms with E-state index in [1.807, 2.05) is 11.3 Å². The first-order valence-electron chi connectivity index (χ1n) is 7.91. The van der Waals surface area contributed by atoms with Gasteiger partial charge in [-0.2, -0.15) is 11.8 Å². The van der Waals surface area contributed by atoms with Gasteiger partial charge < -0.3 is 4.90 Å².